The van der Waals surface area contributed by atoms with Gasteiger partial charge in [-0.25, -0.2) is 0 Å². The van der Waals surface area contributed by atoms with Crippen molar-refractivity contribution in [3.8, 4) is 17.2 Å². The van der Waals surface area contributed by atoms with E-state index in [1.807, 2.05) is 6.07 Å². The minimum Gasteiger partial charge on any atom is -0.496 e. The molecule has 0 bridgehead atoms. The third-order valence-corrected chi connectivity index (χ3v) is 5.49. The van der Waals surface area contributed by atoms with Crippen LogP contribution in [-0.4, -0.2) is 44.7 Å². The van der Waals surface area contributed by atoms with Crippen LogP contribution in [0.15, 0.2) is 36.4 Å². The second kappa shape index (κ2) is 10.3. The molecule has 0 atom stereocenters. The smallest absolute Gasteiger partial charge is 0.234 e. The van der Waals surface area contributed by atoms with Crippen LogP contribution in [0.1, 0.15) is 36.5 Å². The van der Waals surface area contributed by atoms with Crippen LogP contribution in [-0.2, 0) is 24.3 Å². The minimum atomic E-state index is 0.00363. The number of hydrogen-bond donors (Lipinski definition) is 1. The Kier molecular flexibility index (Phi) is 7.57. The Bertz CT molecular complexity index is 847. The van der Waals surface area contributed by atoms with Crippen molar-refractivity contribution < 1.29 is 19.0 Å². The lowest BCUT2D eigenvalue weighted by molar-refractivity contribution is -0.122. The lowest BCUT2D eigenvalue weighted by atomic mass is 10.1. The number of hydrogen-bond acceptors (Lipinski definition) is 5. The summed E-state index contributed by atoms with van der Waals surface area (Å²) < 4.78 is 16.1. The highest BCUT2D eigenvalue weighted by molar-refractivity contribution is 5.78. The number of amides is 1. The van der Waals surface area contributed by atoms with Crippen molar-refractivity contribution in [2.75, 3.05) is 27.9 Å². The van der Waals surface area contributed by atoms with Crippen LogP contribution in [0.5, 0.6) is 17.2 Å². The van der Waals surface area contributed by atoms with Crippen LogP contribution in [0.2, 0.25) is 0 Å². The van der Waals surface area contributed by atoms with Crippen LogP contribution in [0.25, 0.3) is 0 Å². The normalized spacial score (nSPS) is 13.2. The van der Waals surface area contributed by atoms with Gasteiger partial charge in [0.2, 0.25) is 5.91 Å². The van der Waals surface area contributed by atoms with E-state index in [0.29, 0.717) is 36.4 Å². The minimum absolute atomic E-state index is 0.00363. The molecule has 0 spiro atoms. The first-order valence-electron chi connectivity index (χ1n) is 10.4. The van der Waals surface area contributed by atoms with Gasteiger partial charge in [-0.3, -0.25) is 9.69 Å². The SMILES string of the molecule is CCc1ccc(CN(CC(=O)NCc2cc(OC)c(OC)cc2OC)C2CC2)cc1. The molecule has 0 unspecified atom stereocenters. The molecule has 2 aromatic carbocycles. The fourth-order valence-corrected chi connectivity index (χ4v) is 3.53. The molecule has 1 saturated carbocycles. The molecule has 1 aliphatic carbocycles. The van der Waals surface area contributed by atoms with E-state index >= 15 is 0 Å². The molecule has 1 N–H and O–H groups in total. The topological polar surface area (TPSA) is 60.0 Å². The Hall–Kier alpha value is -2.73. The van der Waals surface area contributed by atoms with Crippen molar-refractivity contribution in [3.05, 3.63) is 53.1 Å². The number of aryl methyl sites for hydroxylation is 1. The van der Waals surface area contributed by atoms with Crippen LogP contribution in [0.4, 0.5) is 0 Å². The van der Waals surface area contributed by atoms with E-state index in [0.717, 1.165) is 31.4 Å². The Morgan fingerprint density at radius 2 is 1.57 bits per heavy atom. The third kappa shape index (κ3) is 5.66. The fraction of sp³-hybridized carbons (Fsp3) is 0.458. The van der Waals surface area contributed by atoms with Crippen LogP contribution in [0, 0.1) is 0 Å². The van der Waals surface area contributed by atoms with Gasteiger partial charge in [-0.1, -0.05) is 31.2 Å². The van der Waals surface area contributed by atoms with Crippen molar-refractivity contribution in [1.82, 2.24) is 10.2 Å². The summed E-state index contributed by atoms with van der Waals surface area (Å²) in [4.78, 5) is 14.9. The summed E-state index contributed by atoms with van der Waals surface area (Å²) in [5.74, 6) is 1.86. The molecule has 6 heteroatoms. The molecule has 1 fully saturated rings. The predicted octanol–water partition coefficient (Wildman–Crippen LogP) is 3.56. The summed E-state index contributed by atoms with van der Waals surface area (Å²) in [6.45, 7) is 3.70. The summed E-state index contributed by atoms with van der Waals surface area (Å²) in [5, 5.41) is 3.02. The molecule has 3 rings (SSSR count). The van der Waals surface area contributed by atoms with E-state index in [4.69, 9.17) is 14.2 Å². The standard InChI is InChI=1S/C24H32N2O4/c1-5-17-6-8-18(9-7-17)15-26(20-10-11-20)16-24(27)25-14-19-12-22(29-3)23(30-4)13-21(19)28-2/h6-9,12-13,20H,5,10-11,14-16H2,1-4H3,(H,25,27). The van der Waals surface area contributed by atoms with Gasteiger partial charge in [0, 0.05) is 30.8 Å². The molecule has 0 radical (unpaired) electrons. The Morgan fingerprint density at radius 1 is 0.967 bits per heavy atom. The maximum Gasteiger partial charge on any atom is 0.234 e. The van der Waals surface area contributed by atoms with Crippen molar-refractivity contribution in [2.45, 2.75) is 45.3 Å². The highest BCUT2D eigenvalue weighted by atomic mass is 16.5. The van der Waals surface area contributed by atoms with Crippen LogP contribution in [0.3, 0.4) is 0 Å². The predicted molar refractivity (Wildman–Crippen MR) is 117 cm³/mol. The molecule has 6 nitrogen and oxygen atoms in total. The van der Waals surface area contributed by atoms with E-state index in [-0.39, 0.29) is 5.91 Å². The van der Waals surface area contributed by atoms with Gasteiger partial charge in [0.05, 0.1) is 27.9 Å². The van der Waals surface area contributed by atoms with Gasteiger partial charge in [-0.05, 0) is 36.5 Å². The van der Waals surface area contributed by atoms with E-state index in [9.17, 15) is 4.79 Å². The maximum absolute atomic E-state index is 12.7. The van der Waals surface area contributed by atoms with E-state index in [2.05, 4.69) is 41.4 Å². The lowest BCUT2D eigenvalue weighted by Gasteiger charge is -2.22. The first-order valence-corrected chi connectivity index (χ1v) is 10.4. The number of rotatable bonds is 11. The highest BCUT2D eigenvalue weighted by Gasteiger charge is 2.30. The zero-order valence-electron chi connectivity index (χ0n) is 18.4. The summed E-state index contributed by atoms with van der Waals surface area (Å²) in [6, 6.07) is 12.8. The van der Waals surface area contributed by atoms with Crippen LogP contribution < -0.4 is 19.5 Å². The monoisotopic (exact) mass is 412 g/mol. The molecule has 30 heavy (non-hydrogen) atoms. The first kappa shape index (κ1) is 22.0. The molecule has 0 saturated heterocycles. The Labute approximate surface area is 179 Å². The average molecular weight is 413 g/mol. The van der Waals surface area contributed by atoms with Gasteiger partial charge in [-0.15, -0.1) is 0 Å². The van der Waals surface area contributed by atoms with Gasteiger partial charge in [0.25, 0.3) is 0 Å². The molecule has 1 amide bonds. The van der Waals surface area contributed by atoms with Crippen molar-refractivity contribution in [1.29, 1.82) is 0 Å². The summed E-state index contributed by atoms with van der Waals surface area (Å²) >= 11 is 0. The fourth-order valence-electron chi connectivity index (χ4n) is 3.53. The molecule has 162 valence electrons. The van der Waals surface area contributed by atoms with Gasteiger partial charge in [0.1, 0.15) is 5.75 Å². The largest absolute Gasteiger partial charge is 0.496 e. The van der Waals surface area contributed by atoms with Crippen LogP contribution >= 0.6 is 0 Å². The van der Waals surface area contributed by atoms with Gasteiger partial charge >= 0.3 is 0 Å². The number of carbonyl (C=O) groups is 1. The molecular formula is C24H32N2O4. The number of ether oxygens (including phenoxy) is 3. The van der Waals surface area contributed by atoms with Crippen molar-refractivity contribution in [3.63, 3.8) is 0 Å². The maximum atomic E-state index is 12.7. The number of methoxy groups -OCH3 is 3. The summed E-state index contributed by atoms with van der Waals surface area (Å²) in [5.41, 5.74) is 3.42. The van der Waals surface area contributed by atoms with Gasteiger partial charge < -0.3 is 19.5 Å². The molecule has 0 aliphatic heterocycles. The zero-order chi connectivity index (χ0) is 21.5. The first-order chi connectivity index (χ1) is 14.6. The molecule has 2 aromatic rings. The van der Waals surface area contributed by atoms with Gasteiger partial charge in [-0.2, -0.15) is 0 Å². The second-order valence-corrected chi connectivity index (χ2v) is 7.60. The second-order valence-electron chi connectivity index (χ2n) is 7.60. The van der Waals surface area contributed by atoms with E-state index < -0.39 is 0 Å². The van der Waals surface area contributed by atoms with Crippen molar-refractivity contribution >= 4 is 5.91 Å². The molecule has 1 aliphatic rings. The Balaban J connectivity index is 1.61. The Morgan fingerprint density at radius 3 is 2.13 bits per heavy atom. The molecule has 0 heterocycles. The number of nitrogens with zero attached hydrogens (tertiary/aromatic N) is 1. The van der Waals surface area contributed by atoms with Crippen molar-refractivity contribution in [2.24, 2.45) is 0 Å². The third-order valence-electron chi connectivity index (χ3n) is 5.49. The van der Waals surface area contributed by atoms with E-state index in [1.165, 1.54) is 11.1 Å². The quantitative estimate of drug-likeness (QED) is 0.612. The number of nitrogens with one attached hydrogen (secondary N) is 1. The molecule has 0 aromatic heterocycles. The van der Waals surface area contributed by atoms with Gasteiger partial charge in [0.15, 0.2) is 11.5 Å². The highest BCUT2D eigenvalue weighted by Crippen LogP contribution is 2.34. The zero-order valence-corrected chi connectivity index (χ0v) is 18.4. The lowest BCUT2D eigenvalue weighted by Crippen LogP contribution is -2.37. The summed E-state index contributed by atoms with van der Waals surface area (Å²) in [7, 11) is 4.78. The number of benzene rings is 2. The summed E-state index contributed by atoms with van der Waals surface area (Å²) in [6.07, 6.45) is 3.35. The number of carbonyl (C=O) groups excluding carboxylic acids is 1. The molecular weight excluding hydrogens is 380 g/mol. The average Bonchev–Trinajstić information content (AvgIpc) is 3.62. The van der Waals surface area contributed by atoms with E-state index in [1.54, 1.807) is 27.4 Å².